The van der Waals surface area contributed by atoms with E-state index in [-0.39, 0.29) is 11.3 Å². The molecule has 0 saturated carbocycles. The molecule has 1 rings (SSSR count). The minimum atomic E-state index is -4.53. The van der Waals surface area contributed by atoms with E-state index in [0.717, 1.165) is 19.2 Å². The van der Waals surface area contributed by atoms with Crippen molar-refractivity contribution in [3.05, 3.63) is 23.4 Å². The van der Waals surface area contributed by atoms with Crippen LogP contribution in [0.25, 0.3) is 0 Å². The third-order valence-electron chi connectivity index (χ3n) is 1.71. The van der Waals surface area contributed by atoms with E-state index in [1.807, 2.05) is 0 Å². The Kier molecular flexibility index (Phi) is 4.09. The number of hydrogen-bond acceptors (Lipinski definition) is 5. The molecule has 0 saturated heterocycles. The molecule has 0 amide bonds. The second-order valence-electron chi connectivity index (χ2n) is 3.09. The molecule has 0 spiro atoms. The first kappa shape index (κ1) is 13.8. The molecule has 8 heteroatoms. The van der Waals surface area contributed by atoms with Gasteiger partial charge in [-0.3, -0.25) is 0 Å². The topological polar surface area (TPSA) is 72.2 Å². The molecule has 0 fully saturated rings. The first-order valence-corrected chi connectivity index (χ1v) is 4.56. The average molecular weight is 260 g/mol. The van der Waals surface area contributed by atoms with Crippen molar-refractivity contribution >= 4 is 5.97 Å². The zero-order valence-corrected chi connectivity index (χ0v) is 9.11. The lowest BCUT2D eigenvalue weighted by atomic mass is 10.2. The lowest BCUT2D eigenvalue weighted by Crippen LogP contribution is -2.20. The third kappa shape index (κ3) is 3.93. The van der Waals surface area contributed by atoms with Crippen LogP contribution in [-0.2, 0) is 4.74 Å². The van der Waals surface area contributed by atoms with Crippen LogP contribution in [0.4, 0.5) is 13.2 Å². The minimum absolute atomic E-state index is 0.0532. The standard InChI is InChI=1S/C10H7F3N2O3/c1-17-9(16)7-2-6(4-14)3-8(15-7)18-5-10(11,12)13/h2-3H,5H2,1H3. The molecule has 18 heavy (non-hydrogen) atoms. The monoisotopic (exact) mass is 260 g/mol. The highest BCUT2D eigenvalue weighted by atomic mass is 19.4. The van der Waals surface area contributed by atoms with Gasteiger partial charge in [0, 0.05) is 6.07 Å². The van der Waals surface area contributed by atoms with Gasteiger partial charge in [0.25, 0.3) is 0 Å². The number of pyridine rings is 1. The molecule has 0 aliphatic rings. The summed E-state index contributed by atoms with van der Waals surface area (Å²) in [5, 5.41) is 8.66. The van der Waals surface area contributed by atoms with Crippen molar-refractivity contribution < 1.29 is 27.4 Å². The van der Waals surface area contributed by atoms with Crippen LogP contribution < -0.4 is 4.74 Å². The molecule has 0 aliphatic heterocycles. The van der Waals surface area contributed by atoms with Gasteiger partial charge in [0.2, 0.25) is 5.88 Å². The first-order valence-electron chi connectivity index (χ1n) is 4.56. The Morgan fingerprint density at radius 1 is 1.50 bits per heavy atom. The summed E-state index contributed by atoms with van der Waals surface area (Å²) in [5.41, 5.74) is -0.351. The maximum atomic E-state index is 11.9. The molecule has 96 valence electrons. The van der Waals surface area contributed by atoms with Crippen molar-refractivity contribution in [2.24, 2.45) is 0 Å². The molecule has 0 aliphatic carbocycles. The lowest BCUT2D eigenvalue weighted by molar-refractivity contribution is -0.154. The SMILES string of the molecule is COC(=O)c1cc(C#N)cc(OCC(F)(F)F)n1. The minimum Gasteiger partial charge on any atom is -0.468 e. The van der Waals surface area contributed by atoms with Gasteiger partial charge < -0.3 is 9.47 Å². The van der Waals surface area contributed by atoms with Crippen LogP contribution in [0.3, 0.4) is 0 Å². The number of hydrogen-bond donors (Lipinski definition) is 0. The Bertz CT molecular complexity index is 494. The van der Waals surface area contributed by atoms with E-state index < -0.39 is 24.6 Å². The summed E-state index contributed by atoms with van der Waals surface area (Å²) in [6, 6.07) is 3.76. The number of halogens is 3. The highest BCUT2D eigenvalue weighted by molar-refractivity contribution is 5.87. The van der Waals surface area contributed by atoms with Crippen molar-refractivity contribution in [2.45, 2.75) is 6.18 Å². The zero-order valence-electron chi connectivity index (χ0n) is 9.11. The fourth-order valence-corrected chi connectivity index (χ4v) is 1.01. The number of ether oxygens (including phenoxy) is 2. The normalized spacial score (nSPS) is 10.6. The smallest absolute Gasteiger partial charge is 0.422 e. The number of rotatable bonds is 3. The molecule has 0 atom stereocenters. The maximum absolute atomic E-state index is 11.9. The van der Waals surface area contributed by atoms with Gasteiger partial charge in [-0.25, -0.2) is 9.78 Å². The molecule has 1 aromatic heterocycles. The zero-order chi connectivity index (χ0) is 13.8. The molecule has 5 nitrogen and oxygen atoms in total. The third-order valence-corrected chi connectivity index (χ3v) is 1.71. The molecular formula is C10H7F3N2O3. The van der Waals surface area contributed by atoms with E-state index in [4.69, 9.17) is 5.26 Å². The van der Waals surface area contributed by atoms with Gasteiger partial charge in [0.05, 0.1) is 18.7 Å². The van der Waals surface area contributed by atoms with Crippen LogP contribution in [0.1, 0.15) is 16.1 Å². The molecule has 0 radical (unpaired) electrons. The summed E-state index contributed by atoms with van der Waals surface area (Å²) < 4.78 is 44.5. The van der Waals surface area contributed by atoms with Gasteiger partial charge >= 0.3 is 12.1 Å². The first-order chi connectivity index (χ1) is 8.35. The van der Waals surface area contributed by atoms with Gasteiger partial charge in [0.15, 0.2) is 12.3 Å². The van der Waals surface area contributed by atoms with Crippen molar-refractivity contribution in [3.8, 4) is 11.9 Å². The van der Waals surface area contributed by atoms with Crippen LogP contribution in [-0.4, -0.2) is 30.8 Å². The van der Waals surface area contributed by atoms with E-state index in [2.05, 4.69) is 14.5 Å². The maximum Gasteiger partial charge on any atom is 0.422 e. The van der Waals surface area contributed by atoms with Crippen LogP contribution in [0, 0.1) is 11.3 Å². The van der Waals surface area contributed by atoms with Gasteiger partial charge in [-0.2, -0.15) is 18.4 Å². The Labute approximate surface area is 99.8 Å². The number of alkyl halides is 3. The molecule has 0 aromatic carbocycles. The summed E-state index contributed by atoms with van der Waals surface area (Å²) in [5.74, 6) is -1.34. The number of nitriles is 1. The summed E-state index contributed by atoms with van der Waals surface area (Å²) in [7, 11) is 1.08. The van der Waals surface area contributed by atoms with Crippen molar-refractivity contribution in [1.82, 2.24) is 4.98 Å². The number of carbonyl (C=O) groups is 1. The predicted molar refractivity (Wildman–Crippen MR) is 51.8 cm³/mol. The van der Waals surface area contributed by atoms with Crippen LogP contribution >= 0.6 is 0 Å². The van der Waals surface area contributed by atoms with E-state index in [0.29, 0.717) is 0 Å². The van der Waals surface area contributed by atoms with E-state index in [9.17, 15) is 18.0 Å². The molecule has 0 unspecified atom stereocenters. The fraction of sp³-hybridized carbons (Fsp3) is 0.300. The van der Waals surface area contributed by atoms with Crippen molar-refractivity contribution in [2.75, 3.05) is 13.7 Å². The van der Waals surface area contributed by atoms with Crippen molar-refractivity contribution in [3.63, 3.8) is 0 Å². The van der Waals surface area contributed by atoms with Gasteiger partial charge in [-0.1, -0.05) is 0 Å². The van der Waals surface area contributed by atoms with Crippen LogP contribution in [0.15, 0.2) is 12.1 Å². The highest BCUT2D eigenvalue weighted by Crippen LogP contribution is 2.18. The second kappa shape index (κ2) is 5.35. The fourth-order valence-electron chi connectivity index (χ4n) is 1.01. The van der Waals surface area contributed by atoms with Gasteiger partial charge in [0.1, 0.15) is 0 Å². The van der Waals surface area contributed by atoms with Crippen LogP contribution in [0.5, 0.6) is 5.88 Å². The van der Waals surface area contributed by atoms with E-state index >= 15 is 0 Å². The lowest BCUT2D eigenvalue weighted by Gasteiger charge is -2.09. The molecule has 1 aromatic rings. The number of aromatic nitrogens is 1. The Balaban J connectivity index is 2.98. The second-order valence-corrected chi connectivity index (χ2v) is 3.09. The van der Waals surface area contributed by atoms with E-state index in [1.54, 1.807) is 6.07 Å². The summed E-state index contributed by atoms with van der Waals surface area (Å²) in [6.07, 6.45) is -4.53. The largest absolute Gasteiger partial charge is 0.468 e. The van der Waals surface area contributed by atoms with Gasteiger partial charge in [-0.05, 0) is 6.07 Å². The van der Waals surface area contributed by atoms with Gasteiger partial charge in [-0.15, -0.1) is 0 Å². The Hall–Kier alpha value is -2.30. The quantitative estimate of drug-likeness (QED) is 0.773. The van der Waals surface area contributed by atoms with Crippen molar-refractivity contribution in [1.29, 1.82) is 5.26 Å². The Morgan fingerprint density at radius 2 is 2.17 bits per heavy atom. The number of methoxy groups -OCH3 is 1. The summed E-state index contributed by atoms with van der Waals surface area (Å²) in [6.45, 7) is -1.56. The number of nitrogens with zero attached hydrogens (tertiary/aromatic N) is 2. The van der Waals surface area contributed by atoms with E-state index in [1.165, 1.54) is 0 Å². The number of carbonyl (C=O) groups excluding carboxylic acids is 1. The molecule has 1 heterocycles. The Morgan fingerprint density at radius 3 is 2.67 bits per heavy atom. The van der Waals surface area contributed by atoms with Crippen LogP contribution in [0.2, 0.25) is 0 Å². The highest BCUT2D eigenvalue weighted by Gasteiger charge is 2.29. The average Bonchev–Trinajstić information content (AvgIpc) is 2.34. The number of esters is 1. The predicted octanol–water partition coefficient (Wildman–Crippen LogP) is 1.68. The molecule has 0 N–H and O–H groups in total. The summed E-state index contributed by atoms with van der Waals surface area (Å²) in [4.78, 5) is 14.7. The molecular weight excluding hydrogens is 253 g/mol. The summed E-state index contributed by atoms with van der Waals surface area (Å²) >= 11 is 0. The molecule has 0 bridgehead atoms.